The lowest BCUT2D eigenvalue weighted by molar-refractivity contribution is -0.136. The number of urea groups is 1. The van der Waals surface area contributed by atoms with Gasteiger partial charge in [0.05, 0.1) is 24.5 Å². The number of aromatic nitrogens is 1. The van der Waals surface area contributed by atoms with Gasteiger partial charge in [0.25, 0.3) is 0 Å². The second kappa shape index (κ2) is 5.66. The number of hydrogen-bond donors (Lipinski definition) is 2. The molecule has 1 aromatic heterocycles. The smallest absolute Gasteiger partial charge is 0.327 e. The highest BCUT2D eigenvalue weighted by molar-refractivity contribution is 8.00. The number of hydrogen-bond acceptors (Lipinski definition) is 5. The molecule has 0 fully saturated rings. The van der Waals surface area contributed by atoms with Gasteiger partial charge in [-0.2, -0.15) is 0 Å². The van der Waals surface area contributed by atoms with Crippen LogP contribution in [0.25, 0.3) is 0 Å². The maximum absolute atomic E-state index is 12.8. The van der Waals surface area contributed by atoms with Crippen LogP contribution in [0, 0.1) is 6.92 Å². The van der Waals surface area contributed by atoms with E-state index in [0.29, 0.717) is 22.2 Å². The molecule has 0 bridgehead atoms. The van der Waals surface area contributed by atoms with E-state index in [0.717, 1.165) is 11.1 Å². The number of methoxy groups -OCH3 is 1. The lowest BCUT2D eigenvalue weighted by Gasteiger charge is -2.34. The maximum atomic E-state index is 12.8. The normalized spacial score (nSPS) is 20.9. The van der Waals surface area contributed by atoms with E-state index in [9.17, 15) is 14.7 Å². The van der Waals surface area contributed by atoms with Gasteiger partial charge in [-0.15, -0.1) is 0 Å². The monoisotopic (exact) mass is 357 g/mol. The molecule has 128 valence electrons. The lowest BCUT2D eigenvalue weighted by atomic mass is 10.00. The Balaban J connectivity index is 1.86. The van der Waals surface area contributed by atoms with Crippen molar-refractivity contribution in [1.29, 1.82) is 0 Å². The van der Waals surface area contributed by atoms with Crippen LogP contribution >= 0.6 is 11.8 Å². The summed E-state index contributed by atoms with van der Waals surface area (Å²) in [5.41, 5.74) is 3.02. The Kier molecular flexibility index (Phi) is 3.57. The fourth-order valence-electron chi connectivity index (χ4n) is 3.26. The van der Waals surface area contributed by atoms with Gasteiger partial charge in [0.1, 0.15) is 16.0 Å². The number of carboxylic acids is 1. The molecule has 2 aliphatic rings. The first kappa shape index (κ1) is 15.8. The summed E-state index contributed by atoms with van der Waals surface area (Å²) >= 11 is 1.17. The number of nitrogens with zero attached hydrogens (tertiary/aromatic N) is 2. The predicted molar refractivity (Wildman–Crippen MR) is 92.7 cm³/mol. The number of amides is 2. The summed E-state index contributed by atoms with van der Waals surface area (Å²) in [6.07, 6.45) is 1.60. The molecule has 2 unspecified atom stereocenters. The molecule has 3 heterocycles. The van der Waals surface area contributed by atoms with Gasteiger partial charge in [-0.05, 0) is 36.8 Å². The number of benzene rings is 1. The van der Waals surface area contributed by atoms with Gasteiger partial charge < -0.3 is 15.2 Å². The molecule has 0 radical (unpaired) electrons. The van der Waals surface area contributed by atoms with Gasteiger partial charge in [0, 0.05) is 11.8 Å². The number of aliphatic carboxylic acids is 1. The van der Waals surface area contributed by atoms with Gasteiger partial charge in [-0.25, -0.2) is 9.78 Å². The number of carbonyl (C=O) groups excluding carboxylic acids is 1. The van der Waals surface area contributed by atoms with Crippen molar-refractivity contribution in [3.05, 3.63) is 41.6 Å². The van der Waals surface area contributed by atoms with Crippen LogP contribution in [-0.2, 0) is 4.79 Å². The van der Waals surface area contributed by atoms with Crippen molar-refractivity contribution in [2.45, 2.75) is 23.2 Å². The van der Waals surface area contributed by atoms with Crippen molar-refractivity contribution in [1.82, 2.24) is 10.3 Å². The summed E-state index contributed by atoms with van der Waals surface area (Å²) < 4.78 is 5.22. The van der Waals surface area contributed by atoms with Crippen molar-refractivity contribution in [3.63, 3.8) is 0 Å². The van der Waals surface area contributed by atoms with Crippen LogP contribution < -0.4 is 15.0 Å². The molecule has 0 aliphatic carbocycles. The fourth-order valence-corrected chi connectivity index (χ4v) is 4.42. The van der Waals surface area contributed by atoms with Crippen LogP contribution in [0.2, 0.25) is 0 Å². The number of nitrogens with one attached hydrogen (secondary N) is 1. The average molecular weight is 357 g/mol. The number of ether oxygens (including phenoxy) is 1. The first-order valence-electron chi connectivity index (χ1n) is 7.65. The SMILES string of the molecule is COc1ccc(N2C(=O)NC3c4c2ccnc4SC3C(=O)O)c(C)c1. The quantitative estimate of drug-likeness (QED) is 0.878. The zero-order valence-electron chi connectivity index (χ0n) is 13.5. The minimum absolute atomic E-state index is 0.350. The van der Waals surface area contributed by atoms with E-state index in [-0.39, 0.29) is 6.03 Å². The number of carbonyl (C=O) groups is 2. The molecule has 2 amide bonds. The van der Waals surface area contributed by atoms with Crippen molar-refractivity contribution in [2.24, 2.45) is 0 Å². The molecule has 8 heteroatoms. The van der Waals surface area contributed by atoms with E-state index in [2.05, 4.69) is 10.3 Å². The summed E-state index contributed by atoms with van der Waals surface area (Å²) in [6, 6.07) is 6.28. The Morgan fingerprint density at radius 1 is 1.36 bits per heavy atom. The summed E-state index contributed by atoms with van der Waals surface area (Å²) in [7, 11) is 1.59. The molecule has 2 N–H and O–H groups in total. The maximum Gasteiger partial charge on any atom is 0.327 e. The Labute approximate surface area is 148 Å². The zero-order chi connectivity index (χ0) is 17.7. The second-order valence-electron chi connectivity index (χ2n) is 5.84. The highest BCUT2D eigenvalue weighted by atomic mass is 32.2. The van der Waals surface area contributed by atoms with Crippen LogP contribution in [0.1, 0.15) is 17.2 Å². The predicted octanol–water partition coefficient (Wildman–Crippen LogP) is 2.86. The summed E-state index contributed by atoms with van der Waals surface area (Å²) in [5.74, 6) is -0.258. The van der Waals surface area contributed by atoms with Crippen LogP contribution in [-0.4, -0.2) is 34.5 Å². The highest BCUT2D eigenvalue weighted by Gasteiger charge is 2.46. The Hall–Kier alpha value is -2.74. The summed E-state index contributed by atoms with van der Waals surface area (Å²) in [6.45, 7) is 1.90. The largest absolute Gasteiger partial charge is 0.497 e. The van der Waals surface area contributed by atoms with Gasteiger partial charge in [-0.3, -0.25) is 9.69 Å². The van der Waals surface area contributed by atoms with Gasteiger partial charge in [-0.1, -0.05) is 11.8 Å². The van der Waals surface area contributed by atoms with Crippen molar-refractivity contribution >= 4 is 35.1 Å². The van der Waals surface area contributed by atoms with E-state index in [4.69, 9.17) is 4.74 Å². The third kappa shape index (κ3) is 2.32. The first-order chi connectivity index (χ1) is 12.0. The first-order valence-corrected chi connectivity index (χ1v) is 8.53. The second-order valence-corrected chi connectivity index (χ2v) is 6.97. The molecule has 7 nitrogen and oxygen atoms in total. The molecule has 2 aromatic rings. The highest BCUT2D eigenvalue weighted by Crippen LogP contribution is 2.50. The van der Waals surface area contributed by atoms with Crippen LogP contribution in [0.4, 0.5) is 16.2 Å². The number of carboxylic acid groups (broad SMARTS) is 1. The van der Waals surface area contributed by atoms with Gasteiger partial charge in [0.2, 0.25) is 0 Å². The molecule has 1 aromatic carbocycles. The number of aryl methyl sites for hydroxylation is 1. The molecule has 2 aliphatic heterocycles. The fraction of sp³-hybridized carbons (Fsp3) is 0.235. The molecular weight excluding hydrogens is 342 g/mol. The van der Waals surface area contributed by atoms with E-state index in [1.54, 1.807) is 30.3 Å². The Morgan fingerprint density at radius 2 is 2.16 bits per heavy atom. The standard InChI is InChI=1S/C17H15N3O4S/c1-8-7-9(24-2)3-4-10(8)20-11-5-6-18-15-12(11)13(19-17(20)23)14(25-15)16(21)22/h3-7,13-14H,1-2H3,(H,19,23)(H,21,22). The summed E-state index contributed by atoms with van der Waals surface area (Å²) in [5, 5.41) is 12.1. The van der Waals surface area contributed by atoms with Gasteiger partial charge >= 0.3 is 12.0 Å². The number of pyridine rings is 1. The summed E-state index contributed by atoms with van der Waals surface area (Å²) in [4.78, 5) is 30.2. The molecule has 0 saturated heterocycles. The number of anilines is 2. The third-order valence-corrected chi connectivity index (χ3v) is 5.67. The van der Waals surface area contributed by atoms with E-state index in [1.807, 2.05) is 19.1 Å². The van der Waals surface area contributed by atoms with Crippen LogP contribution in [0.3, 0.4) is 0 Å². The molecule has 0 spiro atoms. The molecule has 25 heavy (non-hydrogen) atoms. The van der Waals surface area contributed by atoms with Crippen LogP contribution in [0.5, 0.6) is 5.75 Å². The van der Waals surface area contributed by atoms with Crippen molar-refractivity contribution < 1.29 is 19.4 Å². The Morgan fingerprint density at radius 3 is 2.84 bits per heavy atom. The van der Waals surface area contributed by atoms with E-state index < -0.39 is 17.3 Å². The number of rotatable bonds is 3. The lowest BCUT2D eigenvalue weighted by Crippen LogP contribution is -2.47. The topological polar surface area (TPSA) is 91.8 Å². The minimum atomic E-state index is -0.965. The number of thioether (sulfide) groups is 1. The third-order valence-electron chi connectivity index (χ3n) is 4.39. The zero-order valence-corrected chi connectivity index (χ0v) is 14.3. The van der Waals surface area contributed by atoms with E-state index >= 15 is 0 Å². The van der Waals surface area contributed by atoms with E-state index in [1.165, 1.54) is 11.8 Å². The van der Waals surface area contributed by atoms with Crippen molar-refractivity contribution in [2.75, 3.05) is 12.0 Å². The Bertz CT molecular complexity index is 901. The van der Waals surface area contributed by atoms with Crippen LogP contribution in [0.15, 0.2) is 35.5 Å². The molecule has 2 atom stereocenters. The average Bonchev–Trinajstić information content (AvgIpc) is 2.96. The molecule has 0 saturated carbocycles. The molecule has 4 rings (SSSR count). The minimum Gasteiger partial charge on any atom is -0.497 e. The van der Waals surface area contributed by atoms with Crippen molar-refractivity contribution in [3.8, 4) is 5.75 Å². The van der Waals surface area contributed by atoms with Gasteiger partial charge in [0.15, 0.2) is 0 Å². The molecular formula is C17H15N3O4S.